The number of aromatic nitrogens is 6. The van der Waals surface area contributed by atoms with Crippen LogP contribution in [-0.4, -0.2) is 39.3 Å². The number of nitro groups is 2. The molecule has 0 amide bonds. The lowest BCUT2D eigenvalue weighted by molar-refractivity contribution is -0.392. The van der Waals surface area contributed by atoms with Crippen molar-refractivity contribution in [1.29, 1.82) is 0 Å². The first-order valence-electron chi connectivity index (χ1n) is 7.99. The van der Waals surface area contributed by atoms with E-state index in [1.165, 1.54) is 24.8 Å². The number of nitrogens with one attached hydrogen (secondary N) is 1. The second-order valence-electron chi connectivity index (χ2n) is 5.77. The summed E-state index contributed by atoms with van der Waals surface area (Å²) in [5.74, 6) is -0.363. The van der Waals surface area contributed by atoms with Gasteiger partial charge in [-0.3, -0.25) is 14.7 Å². The fourth-order valence-corrected chi connectivity index (χ4v) is 3.63. The topological polar surface area (TPSA) is 185 Å². The zero-order valence-electron chi connectivity index (χ0n) is 14.4. The number of hydrogen-bond acceptors (Lipinski definition) is 10. The van der Waals surface area contributed by atoms with E-state index in [-0.39, 0.29) is 29.0 Å². The fraction of sp³-hybridized carbons (Fsp3) is 0.0667. The highest BCUT2D eigenvalue weighted by Crippen LogP contribution is 2.36. The van der Waals surface area contributed by atoms with E-state index in [1.54, 1.807) is 16.7 Å². The first-order valence-corrected chi connectivity index (χ1v) is 8.81. The molecule has 0 unspecified atom stereocenters. The van der Waals surface area contributed by atoms with Crippen molar-refractivity contribution in [1.82, 2.24) is 29.5 Å². The van der Waals surface area contributed by atoms with Crippen molar-refractivity contribution in [2.45, 2.75) is 16.6 Å². The Morgan fingerprint density at radius 2 is 1.86 bits per heavy atom. The largest absolute Gasteiger partial charge is 0.396 e. The Bertz CT molecular complexity index is 1230. The average Bonchev–Trinajstić information content (AvgIpc) is 3.29. The van der Waals surface area contributed by atoms with Gasteiger partial charge in [-0.15, -0.1) is 0 Å². The number of nitrogen functional groups attached to an aromatic ring is 1. The predicted octanol–water partition coefficient (Wildman–Crippen LogP) is 2.15. The summed E-state index contributed by atoms with van der Waals surface area (Å²) in [6.45, 7) is 0.216. The van der Waals surface area contributed by atoms with Gasteiger partial charge in [-0.25, -0.2) is 9.97 Å². The van der Waals surface area contributed by atoms with E-state index < -0.39 is 9.85 Å². The van der Waals surface area contributed by atoms with E-state index in [0.717, 1.165) is 11.8 Å². The molecular weight excluding hydrogens is 402 g/mol. The van der Waals surface area contributed by atoms with Gasteiger partial charge in [0.1, 0.15) is 10.5 Å². The molecule has 0 atom stereocenters. The first-order chi connectivity index (χ1) is 13.9. The molecule has 0 aliphatic carbocycles. The minimum Gasteiger partial charge on any atom is -0.368 e. The Kier molecular flexibility index (Phi) is 4.52. The third kappa shape index (κ3) is 3.55. The van der Waals surface area contributed by atoms with Gasteiger partial charge in [-0.05, 0) is 27.2 Å². The SMILES string of the molecule is Nc1nc(Sc2c([N+](=O)[O-])ncn2Cc2ccc([N+](=O)[O-])cc2)c2[nH]cnc2n1. The van der Waals surface area contributed by atoms with Crippen LogP contribution in [0.4, 0.5) is 17.5 Å². The maximum atomic E-state index is 11.4. The van der Waals surface area contributed by atoms with Gasteiger partial charge in [0.2, 0.25) is 12.3 Å². The smallest absolute Gasteiger partial charge is 0.368 e. The number of nitrogens with two attached hydrogens (primary N) is 1. The number of aromatic amines is 1. The Balaban J connectivity index is 1.72. The molecule has 3 heterocycles. The van der Waals surface area contributed by atoms with Gasteiger partial charge < -0.3 is 20.8 Å². The van der Waals surface area contributed by atoms with Gasteiger partial charge >= 0.3 is 5.82 Å². The van der Waals surface area contributed by atoms with Crippen molar-refractivity contribution in [2.24, 2.45) is 0 Å². The van der Waals surface area contributed by atoms with Crippen LogP contribution in [0, 0.1) is 20.2 Å². The lowest BCUT2D eigenvalue weighted by Crippen LogP contribution is -2.03. The summed E-state index contributed by atoms with van der Waals surface area (Å²) < 4.78 is 1.56. The molecule has 3 aromatic heterocycles. The summed E-state index contributed by atoms with van der Waals surface area (Å²) in [4.78, 5) is 40.1. The Morgan fingerprint density at radius 3 is 2.55 bits per heavy atom. The van der Waals surface area contributed by atoms with Crippen molar-refractivity contribution in [3.8, 4) is 0 Å². The van der Waals surface area contributed by atoms with Crippen LogP contribution in [0.5, 0.6) is 0 Å². The molecule has 4 rings (SSSR count). The van der Waals surface area contributed by atoms with Crippen LogP contribution in [0.15, 0.2) is 47.0 Å². The molecule has 0 radical (unpaired) electrons. The summed E-state index contributed by atoms with van der Waals surface area (Å²) in [5.41, 5.74) is 7.20. The number of benzene rings is 1. The zero-order valence-corrected chi connectivity index (χ0v) is 15.2. The maximum Gasteiger partial charge on any atom is 0.396 e. The molecular formula is C15H11N9O4S. The number of nitrogens with zero attached hydrogens (tertiary/aromatic N) is 7. The first kappa shape index (κ1) is 18.3. The number of fused-ring (bicyclic) bond motifs is 1. The van der Waals surface area contributed by atoms with Crippen molar-refractivity contribution in [3.63, 3.8) is 0 Å². The van der Waals surface area contributed by atoms with E-state index in [4.69, 9.17) is 5.73 Å². The quantitative estimate of drug-likeness (QED) is 0.269. The molecule has 0 fully saturated rings. The Labute approximate surface area is 165 Å². The van der Waals surface area contributed by atoms with Crippen LogP contribution in [0.1, 0.15) is 5.56 Å². The lowest BCUT2D eigenvalue weighted by Gasteiger charge is -2.07. The summed E-state index contributed by atoms with van der Waals surface area (Å²) in [5, 5.41) is 22.8. The Morgan fingerprint density at radius 1 is 1.10 bits per heavy atom. The third-order valence-electron chi connectivity index (χ3n) is 3.91. The summed E-state index contributed by atoms with van der Waals surface area (Å²) in [7, 11) is 0. The molecule has 146 valence electrons. The van der Waals surface area contributed by atoms with Gasteiger partial charge in [0.15, 0.2) is 10.7 Å². The Hall–Kier alpha value is -4.07. The van der Waals surface area contributed by atoms with E-state index in [1.807, 2.05) is 0 Å². The summed E-state index contributed by atoms with van der Waals surface area (Å²) >= 11 is 1.000. The van der Waals surface area contributed by atoms with Crippen LogP contribution in [0.3, 0.4) is 0 Å². The van der Waals surface area contributed by atoms with Gasteiger partial charge in [-0.1, -0.05) is 12.1 Å². The molecule has 0 saturated carbocycles. The molecule has 1 aromatic carbocycles. The number of anilines is 1. The normalized spacial score (nSPS) is 11.0. The maximum absolute atomic E-state index is 11.4. The summed E-state index contributed by atoms with van der Waals surface area (Å²) in [6.07, 6.45) is 2.75. The van der Waals surface area contributed by atoms with Crippen molar-refractivity contribution < 1.29 is 9.85 Å². The zero-order chi connectivity index (χ0) is 20.5. The van der Waals surface area contributed by atoms with E-state index in [2.05, 4.69) is 24.9 Å². The van der Waals surface area contributed by atoms with Crippen molar-refractivity contribution in [2.75, 3.05) is 5.73 Å². The van der Waals surface area contributed by atoms with Crippen LogP contribution in [0.25, 0.3) is 11.2 Å². The molecule has 0 aliphatic rings. The molecule has 13 nitrogen and oxygen atoms in total. The standard InChI is InChI=1S/C15H11N9O4S/c16-15-20-11-10(17-6-18-11)13(21-15)29-14-12(24(27)28)19-7-22(14)5-8-1-3-9(4-2-8)23(25)26/h1-4,6-7H,5H2,(H3,16,17,18,20,21). The predicted molar refractivity (Wildman–Crippen MR) is 101 cm³/mol. The summed E-state index contributed by atoms with van der Waals surface area (Å²) in [6, 6.07) is 5.89. The van der Waals surface area contributed by atoms with Gasteiger partial charge in [0.25, 0.3) is 5.69 Å². The van der Waals surface area contributed by atoms with Crippen LogP contribution in [-0.2, 0) is 6.54 Å². The minimum absolute atomic E-state index is 0.0174. The highest BCUT2D eigenvalue weighted by atomic mass is 32.2. The minimum atomic E-state index is -0.594. The number of nitro benzene ring substituents is 1. The van der Waals surface area contributed by atoms with Gasteiger partial charge in [0.05, 0.1) is 17.8 Å². The number of rotatable bonds is 6. The monoisotopic (exact) mass is 413 g/mol. The molecule has 0 saturated heterocycles. The number of imidazole rings is 2. The number of H-pyrrole nitrogens is 1. The molecule has 4 aromatic rings. The molecule has 0 bridgehead atoms. The van der Waals surface area contributed by atoms with E-state index in [0.29, 0.717) is 21.8 Å². The molecule has 29 heavy (non-hydrogen) atoms. The third-order valence-corrected chi connectivity index (χ3v) is 5.01. The van der Waals surface area contributed by atoms with Crippen LogP contribution < -0.4 is 5.73 Å². The molecule has 0 spiro atoms. The molecule has 0 aliphatic heterocycles. The number of hydrogen-bond donors (Lipinski definition) is 2. The second-order valence-corrected chi connectivity index (χ2v) is 6.75. The van der Waals surface area contributed by atoms with E-state index >= 15 is 0 Å². The highest BCUT2D eigenvalue weighted by Gasteiger charge is 2.25. The van der Waals surface area contributed by atoms with Crippen molar-refractivity contribution in [3.05, 3.63) is 62.7 Å². The lowest BCUT2D eigenvalue weighted by atomic mass is 10.2. The van der Waals surface area contributed by atoms with E-state index in [9.17, 15) is 20.2 Å². The van der Waals surface area contributed by atoms with Gasteiger partial charge in [-0.2, -0.15) is 4.98 Å². The van der Waals surface area contributed by atoms with Crippen molar-refractivity contribution >= 4 is 40.4 Å². The molecule has 14 heteroatoms. The van der Waals surface area contributed by atoms with Gasteiger partial charge in [0, 0.05) is 12.1 Å². The average molecular weight is 413 g/mol. The molecule has 3 N–H and O–H groups in total. The number of non-ortho nitro benzene ring substituents is 1. The highest BCUT2D eigenvalue weighted by molar-refractivity contribution is 7.99. The fourth-order valence-electron chi connectivity index (χ4n) is 2.61. The second kappa shape index (κ2) is 7.16. The van der Waals surface area contributed by atoms with Crippen LogP contribution >= 0.6 is 11.8 Å². The van der Waals surface area contributed by atoms with Crippen LogP contribution in [0.2, 0.25) is 0 Å².